The summed E-state index contributed by atoms with van der Waals surface area (Å²) in [5, 5.41) is 12.3. The molecule has 4 nitrogen and oxygen atoms in total. The molecule has 1 aliphatic carbocycles. The molecule has 0 aliphatic heterocycles. The number of carbonyl (C=O) groups is 1. The fourth-order valence-electron chi connectivity index (χ4n) is 2.46. The van der Waals surface area contributed by atoms with Crippen molar-refractivity contribution < 1.29 is 9.90 Å². The molecule has 0 heterocycles. The summed E-state index contributed by atoms with van der Waals surface area (Å²) in [7, 11) is 1.86. The number of nitrogens with one attached hydrogen (secondary N) is 1. The van der Waals surface area contributed by atoms with E-state index in [4.69, 9.17) is 0 Å². The van der Waals surface area contributed by atoms with Crippen molar-refractivity contribution in [3.63, 3.8) is 0 Å². The third kappa shape index (κ3) is 3.38. The number of hydrogen-bond acceptors (Lipinski definition) is 2. The SMILES string of the molecule is CNCC(C)N(C(=O)O)C1CCCCC1. The van der Waals surface area contributed by atoms with Gasteiger partial charge in [0, 0.05) is 18.6 Å². The highest BCUT2D eigenvalue weighted by atomic mass is 16.4. The number of amides is 1. The van der Waals surface area contributed by atoms with Crippen LogP contribution in [0.25, 0.3) is 0 Å². The topological polar surface area (TPSA) is 52.6 Å². The lowest BCUT2D eigenvalue weighted by atomic mass is 9.93. The zero-order valence-corrected chi connectivity index (χ0v) is 9.70. The lowest BCUT2D eigenvalue weighted by Gasteiger charge is -2.36. The summed E-state index contributed by atoms with van der Waals surface area (Å²) >= 11 is 0. The molecule has 1 unspecified atom stereocenters. The van der Waals surface area contributed by atoms with Crippen LogP contribution in [0.1, 0.15) is 39.0 Å². The minimum absolute atomic E-state index is 0.0654. The third-order valence-electron chi connectivity index (χ3n) is 3.16. The molecule has 88 valence electrons. The van der Waals surface area contributed by atoms with Crippen molar-refractivity contribution in [1.29, 1.82) is 0 Å². The van der Waals surface area contributed by atoms with E-state index < -0.39 is 6.09 Å². The molecule has 4 heteroatoms. The van der Waals surface area contributed by atoms with Crippen molar-refractivity contribution in [1.82, 2.24) is 10.2 Å². The van der Waals surface area contributed by atoms with Gasteiger partial charge in [0.05, 0.1) is 0 Å². The Morgan fingerprint density at radius 2 is 2.07 bits per heavy atom. The molecule has 1 saturated carbocycles. The summed E-state index contributed by atoms with van der Waals surface area (Å²) in [6.45, 7) is 2.70. The van der Waals surface area contributed by atoms with E-state index in [1.54, 1.807) is 4.90 Å². The maximum absolute atomic E-state index is 11.2. The molecule has 15 heavy (non-hydrogen) atoms. The molecule has 0 aromatic rings. The van der Waals surface area contributed by atoms with E-state index in [0.29, 0.717) is 0 Å². The van der Waals surface area contributed by atoms with Gasteiger partial charge in [0.15, 0.2) is 0 Å². The van der Waals surface area contributed by atoms with Crippen LogP contribution in [0.4, 0.5) is 4.79 Å². The monoisotopic (exact) mass is 214 g/mol. The predicted octanol–water partition coefficient (Wildman–Crippen LogP) is 1.91. The Kier molecular flexibility index (Phi) is 4.88. The fraction of sp³-hybridized carbons (Fsp3) is 0.909. The van der Waals surface area contributed by atoms with Crippen LogP contribution in [-0.4, -0.2) is 41.8 Å². The average molecular weight is 214 g/mol. The van der Waals surface area contributed by atoms with Crippen LogP contribution in [0, 0.1) is 0 Å². The molecule has 1 rings (SSSR count). The Hall–Kier alpha value is -0.770. The van der Waals surface area contributed by atoms with Crippen LogP contribution in [-0.2, 0) is 0 Å². The molecule has 0 bridgehead atoms. The largest absolute Gasteiger partial charge is 0.465 e. The van der Waals surface area contributed by atoms with Gasteiger partial charge >= 0.3 is 6.09 Å². The van der Waals surface area contributed by atoms with Crippen LogP contribution in [0.2, 0.25) is 0 Å². The lowest BCUT2D eigenvalue weighted by molar-refractivity contribution is 0.0886. The number of carboxylic acid groups (broad SMARTS) is 1. The smallest absolute Gasteiger partial charge is 0.407 e. The van der Waals surface area contributed by atoms with E-state index in [9.17, 15) is 9.90 Å². The van der Waals surface area contributed by atoms with E-state index in [1.165, 1.54) is 19.3 Å². The van der Waals surface area contributed by atoms with Crippen LogP contribution < -0.4 is 5.32 Å². The summed E-state index contributed by atoms with van der Waals surface area (Å²) in [5.41, 5.74) is 0. The van der Waals surface area contributed by atoms with Gasteiger partial charge in [-0.1, -0.05) is 19.3 Å². The minimum Gasteiger partial charge on any atom is -0.465 e. The second-order valence-corrected chi connectivity index (χ2v) is 4.39. The van der Waals surface area contributed by atoms with Crippen LogP contribution in [0.15, 0.2) is 0 Å². The molecular weight excluding hydrogens is 192 g/mol. The molecule has 0 aromatic heterocycles. The third-order valence-corrected chi connectivity index (χ3v) is 3.16. The summed E-state index contributed by atoms with van der Waals surface area (Å²) in [5.74, 6) is 0. The Bertz CT molecular complexity index is 203. The molecule has 0 spiro atoms. The molecule has 0 saturated heterocycles. The van der Waals surface area contributed by atoms with E-state index in [1.807, 2.05) is 14.0 Å². The van der Waals surface area contributed by atoms with Crippen molar-refractivity contribution in [2.45, 2.75) is 51.1 Å². The molecule has 0 aromatic carbocycles. The first-order chi connectivity index (χ1) is 7.16. The Morgan fingerprint density at radius 3 is 2.53 bits per heavy atom. The van der Waals surface area contributed by atoms with Gasteiger partial charge in [0.25, 0.3) is 0 Å². The van der Waals surface area contributed by atoms with Crippen molar-refractivity contribution in [3.05, 3.63) is 0 Å². The van der Waals surface area contributed by atoms with E-state index >= 15 is 0 Å². The highest BCUT2D eigenvalue weighted by Gasteiger charge is 2.28. The van der Waals surface area contributed by atoms with Crippen molar-refractivity contribution in [2.75, 3.05) is 13.6 Å². The number of rotatable bonds is 4. The van der Waals surface area contributed by atoms with Crippen LogP contribution in [0.3, 0.4) is 0 Å². The molecular formula is C11H22N2O2. The van der Waals surface area contributed by atoms with Gasteiger partial charge in [0.1, 0.15) is 0 Å². The van der Waals surface area contributed by atoms with E-state index in [-0.39, 0.29) is 12.1 Å². The summed E-state index contributed by atoms with van der Waals surface area (Å²) in [6, 6.07) is 0.301. The van der Waals surface area contributed by atoms with Gasteiger partial charge in [-0.2, -0.15) is 0 Å². The van der Waals surface area contributed by atoms with Gasteiger partial charge < -0.3 is 15.3 Å². The predicted molar refractivity (Wildman–Crippen MR) is 60.1 cm³/mol. The Morgan fingerprint density at radius 1 is 1.47 bits per heavy atom. The first kappa shape index (κ1) is 12.3. The standard InChI is InChI=1S/C11H22N2O2/c1-9(8-12-2)13(11(14)15)10-6-4-3-5-7-10/h9-10,12H,3-8H2,1-2H3,(H,14,15). The summed E-state index contributed by atoms with van der Waals surface area (Å²) in [6.07, 6.45) is 4.87. The molecule has 1 aliphatic rings. The maximum Gasteiger partial charge on any atom is 0.407 e. The molecule has 1 atom stereocenters. The Balaban J connectivity index is 2.58. The lowest BCUT2D eigenvalue weighted by Crippen LogP contribution is -2.49. The highest BCUT2D eigenvalue weighted by molar-refractivity contribution is 5.65. The first-order valence-corrected chi connectivity index (χ1v) is 5.82. The van der Waals surface area contributed by atoms with Gasteiger partial charge in [-0.05, 0) is 26.8 Å². The molecule has 0 radical (unpaired) electrons. The zero-order chi connectivity index (χ0) is 11.3. The van der Waals surface area contributed by atoms with Gasteiger partial charge in [-0.15, -0.1) is 0 Å². The van der Waals surface area contributed by atoms with E-state index in [2.05, 4.69) is 5.32 Å². The molecule has 1 amide bonds. The van der Waals surface area contributed by atoms with Gasteiger partial charge in [-0.3, -0.25) is 0 Å². The van der Waals surface area contributed by atoms with Gasteiger partial charge in [-0.25, -0.2) is 4.79 Å². The van der Waals surface area contributed by atoms with Crippen molar-refractivity contribution in [3.8, 4) is 0 Å². The fourth-order valence-corrected chi connectivity index (χ4v) is 2.46. The zero-order valence-electron chi connectivity index (χ0n) is 9.70. The number of likely N-dealkylation sites (N-methyl/N-ethyl adjacent to an activating group) is 1. The quantitative estimate of drug-likeness (QED) is 0.751. The average Bonchev–Trinajstić information content (AvgIpc) is 2.19. The van der Waals surface area contributed by atoms with Crippen LogP contribution in [0.5, 0.6) is 0 Å². The van der Waals surface area contributed by atoms with E-state index in [0.717, 1.165) is 19.4 Å². The second-order valence-electron chi connectivity index (χ2n) is 4.39. The summed E-state index contributed by atoms with van der Waals surface area (Å²) in [4.78, 5) is 12.8. The normalized spacial score (nSPS) is 19.9. The molecule has 1 fully saturated rings. The Labute approximate surface area is 91.6 Å². The molecule has 2 N–H and O–H groups in total. The van der Waals surface area contributed by atoms with Crippen LogP contribution >= 0.6 is 0 Å². The first-order valence-electron chi connectivity index (χ1n) is 5.82. The highest BCUT2D eigenvalue weighted by Crippen LogP contribution is 2.24. The van der Waals surface area contributed by atoms with Crippen molar-refractivity contribution >= 4 is 6.09 Å². The summed E-state index contributed by atoms with van der Waals surface area (Å²) < 4.78 is 0. The number of nitrogens with zero attached hydrogens (tertiary/aromatic N) is 1. The van der Waals surface area contributed by atoms with Crippen molar-refractivity contribution in [2.24, 2.45) is 0 Å². The number of hydrogen-bond donors (Lipinski definition) is 2. The second kappa shape index (κ2) is 5.95. The van der Waals surface area contributed by atoms with Gasteiger partial charge in [0.2, 0.25) is 0 Å². The maximum atomic E-state index is 11.2. The minimum atomic E-state index is -0.773.